The number of aldehydes is 1. The van der Waals surface area contributed by atoms with Crippen molar-refractivity contribution in [2.75, 3.05) is 99.6 Å². The van der Waals surface area contributed by atoms with E-state index in [4.69, 9.17) is 37.9 Å². The molecule has 1 aromatic rings. The summed E-state index contributed by atoms with van der Waals surface area (Å²) in [6.07, 6.45) is 0.799. The third kappa shape index (κ3) is 17.8. The number of ether oxygens (including phenoxy) is 8. The van der Waals surface area contributed by atoms with E-state index in [0.29, 0.717) is 104 Å². The molecule has 0 saturated heterocycles. The Balaban J connectivity index is 1.71. The van der Waals surface area contributed by atoms with E-state index in [9.17, 15) is 4.79 Å². The number of rotatable bonds is 23. The molecule has 0 unspecified atom stereocenters. The molecule has 0 radical (unpaired) electrons. The van der Waals surface area contributed by atoms with Gasteiger partial charge in [-0.1, -0.05) is 0 Å². The van der Waals surface area contributed by atoms with E-state index >= 15 is 0 Å². The smallest absolute Gasteiger partial charge is 0.150 e. The molecule has 0 aromatic heterocycles. The van der Waals surface area contributed by atoms with Crippen LogP contribution in [0.1, 0.15) is 10.4 Å². The molecule has 0 aliphatic carbocycles. The van der Waals surface area contributed by atoms with Gasteiger partial charge in [0.05, 0.1) is 85.9 Å². The molecule has 178 valence electrons. The number of carbonyl (C=O) groups is 1. The third-order valence-electron chi connectivity index (χ3n) is 3.80. The summed E-state index contributed by atoms with van der Waals surface area (Å²) < 4.78 is 42.7. The minimum Gasteiger partial charge on any atom is -0.491 e. The largest absolute Gasteiger partial charge is 0.491 e. The highest BCUT2D eigenvalue weighted by Crippen LogP contribution is 2.10. The predicted molar refractivity (Wildman–Crippen MR) is 114 cm³/mol. The average molecular weight is 445 g/mol. The minimum absolute atomic E-state index is 0.441. The summed E-state index contributed by atoms with van der Waals surface area (Å²) in [5.41, 5.74) is 0.623. The zero-order chi connectivity index (χ0) is 22.2. The zero-order valence-electron chi connectivity index (χ0n) is 18.5. The zero-order valence-corrected chi connectivity index (χ0v) is 18.5. The first kappa shape index (κ1) is 27.4. The Labute approximate surface area is 184 Å². The summed E-state index contributed by atoms with van der Waals surface area (Å²) in [4.78, 5) is 10.6. The van der Waals surface area contributed by atoms with Crippen LogP contribution >= 0.6 is 0 Å². The van der Waals surface area contributed by atoms with Crippen LogP contribution in [0.2, 0.25) is 0 Å². The maximum Gasteiger partial charge on any atom is 0.150 e. The fraction of sp³-hybridized carbons (Fsp3) is 0.682. The molecular formula is C22H36O9. The molecule has 0 saturated carbocycles. The monoisotopic (exact) mass is 444 g/mol. The number of carbonyl (C=O) groups excluding carboxylic acids is 1. The lowest BCUT2D eigenvalue weighted by atomic mass is 10.2. The first-order valence-corrected chi connectivity index (χ1v) is 10.5. The van der Waals surface area contributed by atoms with E-state index in [1.54, 1.807) is 31.4 Å². The molecule has 1 rings (SSSR count). The summed E-state index contributed by atoms with van der Waals surface area (Å²) in [5, 5.41) is 0. The average Bonchev–Trinajstić information content (AvgIpc) is 2.80. The summed E-state index contributed by atoms with van der Waals surface area (Å²) in [6.45, 7) is 7.32. The van der Waals surface area contributed by atoms with Crippen LogP contribution in [0.25, 0.3) is 0 Å². The molecule has 0 N–H and O–H groups in total. The molecule has 0 atom stereocenters. The molecule has 9 nitrogen and oxygen atoms in total. The Kier molecular flexibility index (Phi) is 19.2. The van der Waals surface area contributed by atoms with Crippen molar-refractivity contribution in [2.24, 2.45) is 0 Å². The minimum atomic E-state index is 0.441. The normalized spacial score (nSPS) is 11.0. The Morgan fingerprint density at radius 3 is 1.26 bits per heavy atom. The van der Waals surface area contributed by atoms with Gasteiger partial charge in [-0.3, -0.25) is 4.79 Å². The number of hydrogen-bond acceptors (Lipinski definition) is 9. The second-order valence-corrected chi connectivity index (χ2v) is 6.20. The Morgan fingerprint density at radius 2 is 0.903 bits per heavy atom. The molecule has 0 aliphatic heterocycles. The van der Waals surface area contributed by atoms with Gasteiger partial charge < -0.3 is 37.9 Å². The van der Waals surface area contributed by atoms with Crippen molar-refractivity contribution in [1.82, 2.24) is 0 Å². The van der Waals surface area contributed by atoms with Crippen molar-refractivity contribution >= 4 is 6.29 Å². The van der Waals surface area contributed by atoms with Gasteiger partial charge >= 0.3 is 0 Å². The highest BCUT2D eigenvalue weighted by Gasteiger charge is 1.96. The van der Waals surface area contributed by atoms with Gasteiger partial charge in [0.2, 0.25) is 0 Å². The molecule has 0 aliphatic rings. The van der Waals surface area contributed by atoms with E-state index in [-0.39, 0.29) is 0 Å². The second-order valence-electron chi connectivity index (χ2n) is 6.20. The molecule has 0 spiro atoms. The lowest BCUT2D eigenvalue weighted by Crippen LogP contribution is -2.15. The highest BCUT2D eigenvalue weighted by molar-refractivity contribution is 5.74. The quantitative estimate of drug-likeness (QED) is 0.184. The first-order valence-electron chi connectivity index (χ1n) is 10.5. The van der Waals surface area contributed by atoms with Crippen LogP contribution < -0.4 is 4.74 Å². The van der Waals surface area contributed by atoms with Crippen LogP contribution in [0.4, 0.5) is 0 Å². The topological polar surface area (TPSA) is 90.9 Å². The summed E-state index contributed by atoms with van der Waals surface area (Å²) in [7, 11) is 1.64. The molecule has 31 heavy (non-hydrogen) atoms. The highest BCUT2D eigenvalue weighted by atomic mass is 16.6. The Hall–Kier alpha value is -1.59. The van der Waals surface area contributed by atoms with Gasteiger partial charge in [0.15, 0.2) is 0 Å². The molecule has 0 amide bonds. The van der Waals surface area contributed by atoms with E-state index < -0.39 is 0 Å². The molecule has 0 bridgehead atoms. The SMILES string of the molecule is COCCOCCOCCOCCOCCOCCOCCOc1ccc(C=O)cc1. The fourth-order valence-corrected chi connectivity index (χ4v) is 2.20. The van der Waals surface area contributed by atoms with E-state index in [2.05, 4.69) is 0 Å². The van der Waals surface area contributed by atoms with Crippen molar-refractivity contribution in [3.63, 3.8) is 0 Å². The van der Waals surface area contributed by atoms with Gasteiger partial charge in [-0.2, -0.15) is 0 Å². The predicted octanol–water partition coefficient (Wildman–Crippen LogP) is 1.62. The van der Waals surface area contributed by atoms with Crippen molar-refractivity contribution in [3.8, 4) is 5.75 Å². The summed E-state index contributed by atoms with van der Waals surface area (Å²) in [5.74, 6) is 0.711. The van der Waals surface area contributed by atoms with Crippen LogP contribution in [0.15, 0.2) is 24.3 Å². The second kappa shape index (κ2) is 21.6. The standard InChI is InChI=1S/C22H36O9/c1-24-6-7-25-8-9-26-10-11-27-12-13-28-14-15-29-16-17-30-18-19-31-22-4-2-21(20-23)3-5-22/h2-5,20H,6-19H2,1H3. The van der Waals surface area contributed by atoms with Gasteiger partial charge in [0.25, 0.3) is 0 Å². The van der Waals surface area contributed by atoms with Crippen molar-refractivity contribution in [3.05, 3.63) is 29.8 Å². The van der Waals surface area contributed by atoms with Gasteiger partial charge in [-0.05, 0) is 24.3 Å². The molecular weight excluding hydrogens is 408 g/mol. The van der Waals surface area contributed by atoms with E-state index in [1.807, 2.05) is 0 Å². The molecule has 0 fully saturated rings. The van der Waals surface area contributed by atoms with Crippen molar-refractivity contribution in [1.29, 1.82) is 0 Å². The Bertz CT molecular complexity index is 510. The summed E-state index contributed by atoms with van der Waals surface area (Å²) >= 11 is 0. The number of benzene rings is 1. The van der Waals surface area contributed by atoms with Crippen molar-refractivity contribution < 1.29 is 42.7 Å². The first-order chi connectivity index (χ1) is 15.4. The lowest BCUT2D eigenvalue weighted by Gasteiger charge is -2.09. The van der Waals surface area contributed by atoms with Gasteiger partial charge in [-0.25, -0.2) is 0 Å². The maximum atomic E-state index is 10.6. The maximum absolute atomic E-state index is 10.6. The molecule has 0 heterocycles. The number of hydrogen-bond donors (Lipinski definition) is 0. The van der Waals surface area contributed by atoms with Crippen LogP contribution in [0, 0.1) is 0 Å². The Morgan fingerprint density at radius 1 is 0.548 bits per heavy atom. The van der Waals surface area contributed by atoms with Crippen LogP contribution in [-0.4, -0.2) is 106 Å². The van der Waals surface area contributed by atoms with Crippen LogP contribution in [0.3, 0.4) is 0 Å². The van der Waals surface area contributed by atoms with Crippen molar-refractivity contribution in [2.45, 2.75) is 0 Å². The third-order valence-corrected chi connectivity index (χ3v) is 3.80. The summed E-state index contributed by atoms with van der Waals surface area (Å²) in [6, 6.07) is 6.94. The van der Waals surface area contributed by atoms with Gasteiger partial charge in [0, 0.05) is 12.7 Å². The molecule has 1 aromatic carbocycles. The van der Waals surface area contributed by atoms with Crippen LogP contribution in [0.5, 0.6) is 5.75 Å². The fourth-order valence-electron chi connectivity index (χ4n) is 2.20. The van der Waals surface area contributed by atoms with Gasteiger partial charge in [0.1, 0.15) is 18.6 Å². The number of methoxy groups -OCH3 is 1. The van der Waals surface area contributed by atoms with Gasteiger partial charge in [-0.15, -0.1) is 0 Å². The van der Waals surface area contributed by atoms with E-state index in [0.717, 1.165) is 6.29 Å². The lowest BCUT2D eigenvalue weighted by molar-refractivity contribution is -0.0199. The van der Waals surface area contributed by atoms with E-state index in [1.165, 1.54) is 0 Å². The van der Waals surface area contributed by atoms with Crippen LogP contribution in [-0.2, 0) is 33.2 Å². The molecule has 9 heteroatoms.